The summed E-state index contributed by atoms with van der Waals surface area (Å²) in [6.07, 6.45) is 3.78. The van der Waals surface area contributed by atoms with E-state index in [4.69, 9.17) is 32.9 Å². The summed E-state index contributed by atoms with van der Waals surface area (Å²) in [5.74, 6) is 1.65. The minimum atomic E-state index is -0.848. The van der Waals surface area contributed by atoms with E-state index in [9.17, 15) is 9.90 Å². The van der Waals surface area contributed by atoms with Gasteiger partial charge >= 0.3 is 5.97 Å². The van der Waals surface area contributed by atoms with Crippen LogP contribution in [0.4, 0.5) is 0 Å². The third kappa shape index (κ3) is 10.1. The van der Waals surface area contributed by atoms with E-state index in [1.165, 1.54) is 0 Å². The van der Waals surface area contributed by atoms with E-state index in [0.29, 0.717) is 23.6 Å². The lowest BCUT2D eigenvalue weighted by molar-refractivity contribution is -0.152. The summed E-state index contributed by atoms with van der Waals surface area (Å²) in [5, 5.41) is 13.9. The number of furan rings is 1. The molecule has 1 aromatic heterocycles. The first-order valence-corrected chi connectivity index (χ1v) is 13.8. The molecule has 0 amide bonds. The smallest absolute Gasteiger partial charge is 0.306 e. The quantitative estimate of drug-likeness (QED) is 0.108. The summed E-state index contributed by atoms with van der Waals surface area (Å²) in [7, 11) is 1.61. The summed E-state index contributed by atoms with van der Waals surface area (Å²) in [5.41, 5.74) is 1.59. The summed E-state index contributed by atoms with van der Waals surface area (Å²) >= 11 is 0. The van der Waals surface area contributed by atoms with E-state index in [2.05, 4.69) is 5.16 Å². The molecule has 0 bridgehead atoms. The Morgan fingerprint density at radius 3 is 2.50 bits per heavy atom. The van der Waals surface area contributed by atoms with Gasteiger partial charge in [-0.15, -0.1) is 0 Å². The van der Waals surface area contributed by atoms with Gasteiger partial charge in [0.25, 0.3) is 0 Å². The SMILES string of the molecule is COc1ccc(O[C@H]2C=C[C@@H](c3ccccc3)O[C@@H]2COC(=O)CC/C(C)=N/OC[C@@H](O)COCc2ccco2)cc1. The first-order valence-electron chi connectivity index (χ1n) is 13.8. The topological polar surface area (TPSA) is 118 Å². The second-order valence-corrected chi connectivity index (χ2v) is 9.70. The third-order valence-corrected chi connectivity index (χ3v) is 6.34. The molecule has 0 fully saturated rings. The molecule has 1 N–H and O–H groups in total. The van der Waals surface area contributed by atoms with Crippen molar-refractivity contribution in [1.29, 1.82) is 0 Å². The molecule has 0 aliphatic carbocycles. The predicted octanol–water partition coefficient (Wildman–Crippen LogP) is 5.03. The lowest BCUT2D eigenvalue weighted by Gasteiger charge is -2.32. The predicted molar refractivity (Wildman–Crippen MR) is 154 cm³/mol. The monoisotopic (exact) mass is 579 g/mol. The van der Waals surface area contributed by atoms with Crippen molar-refractivity contribution in [2.24, 2.45) is 5.16 Å². The molecule has 0 saturated carbocycles. The molecule has 0 spiro atoms. The summed E-state index contributed by atoms with van der Waals surface area (Å²) in [6.45, 7) is 2.06. The Labute approximate surface area is 245 Å². The van der Waals surface area contributed by atoms with Crippen LogP contribution in [0.2, 0.25) is 0 Å². The van der Waals surface area contributed by atoms with Gasteiger partial charge < -0.3 is 38.0 Å². The Morgan fingerprint density at radius 1 is 0.976 bits per heavy atom. The number of carbonyl (C=O) groups excluding carboxylic acids is 1. The Hall–Kier alpha value is -4.12. The van der Waals surface area contributed by atoms with Crippen molar-refractivity contribution in [1.82, 2.24) is 0 Å². The number of benzene rings is 2. The second kappa shape index (κ2) is 16.4. The van der Waals surface area contributed by atoms with Gasteiger partial charge in [0, 0.05) is 0 Å². The van der Waals surface area contributed by atoms with E-state index in [1.807, 2.05) is 66.7 Å². The Morgan fingerprint density at radius 2 is 1.76 bits per heavy atom. The lowest BCUT2D eigenvalue weighted by atomic mass is 10.0. The molecule has 10 nitrogen and oxygen atoms in total. The van der Waals surface area contributed by atoms with Crippen LogP contribution in [0.5, 0.6) is 11.5 Å². The number of methoxy groups -OCH3 is 1. The fraction of sp³-hybridized carbons (Fsp3) is 0.375. The number of carbonyl (C=O) groups is 1. The van der Waals surface area contributed by atoms with Crippen LogP contribution in [-0.4, -0.2) is 62.0 Å². The van der Waals surface area contributed by atoms with Gasteiger partial charge in [-0.2, -0.15) is 0 Å². The molecule has 2 aromatic carbocycles. The largest absolute Gasteiger partial charge is 0.497 e. The van der Waals surface area contributed by atoms with Gasteiger partial charge in [-0.3, -0.25) is 4.79 Å². The molecule has 0 unspecified atom stereocenters. The normalized spacial score (nSPS) is 19.2. The highest BCUT2D eigenvalue weighted by atomic mass is 16.6. The Balaban J connectivity index is 1.22. The minimum Gasteiger partial charge on any atom is -0.497 e. The number of ether oxygens (including phenoxy) is 5. The highest BCUT2D eigenvalue weighted by Gasteiger charge is 2.31. The molecular formula is C32H37NO9. The standard InChI is InChI=1S/C32H37NO9/c1-23(33-40-20-25(34)19-37-21-28-9-6-18-38-28)10-17-32(35)39-22-31-30(41-27-13-11-26(36-2)12-14-27)16-15-29(42-31)24-7-4-3-5-8-24/h3-9,11-16,18,25,29-31,34H,10,17,19-22H2,1-2H3/b33-23+/t25-,29-,30-,31+/m0/s1. The van der Waals surface area contributed by atoms with E-state index >= 15 is 0 Å². The molecule has 0 saturated heterocycles. The Kier molecular flexibility index (Phi) is 12.0. The molecule has 4 atom stereocenters. The summed E-state index contributed by atoms with van der Waals surface area (Å²) in [6, 6.07) is 20.6. The minimum absolute atomic E-state index is 0.0181. The van der Waals surface area contributed by atoms with Crippen LogP contribution in [0.25, 0.3) is 0 Å². The Bertz CT molecular complexity index is 1260. The van der Waals surface area contributed by atoms with Crippen molar-refractivity contribution in [3.8, 4) is 11.5 Å². The number of rotatable bonds is 16. The van der Waals surface area contributed by atoms with Gasteiger partial charge in [-0.1, -0.05) is 41.6 Å². The zero-order valence-corrected chi connectivity index (χ0v) is 23.8. The summed E-state index contributed by atoms with van der Waals surface area (Å²) < 4.78 is 33.8. The van der Waals surface area contributed by atoms with Gasteiger partial charge in [0.05, 0.1) is 32.1 Å². The average molecular weight is 580 g/mol. The van der Waals surface area contributed by atoms with E-state index in [-0.39, 0.29) is 39.0 Å². The number of nitrogens with zero attached hydrogens (tertiary/aromatic N) is 1. The first kappa shape index (κ1) is 30.8. The molecule has 2 heterocycles. The van der Waals surface area contributed by atoms with Crippen LogP contribution >= 0.6 is 0 Å². The van der Waals surface area contributed by atoms with Crippen molar-refractivity contribution in [2.45, 2.75) is 50.8 Å². The van der Waals surface area contributed by atoms with Crippen LogP contribution in [0.1, 0.15) is 37.2 Å². The number of esters is 1. The molecule has 224 valence electrons. The number of oxime groups is 1. The highest BCUT2D eigenvalue weighted by molar-refractivity contribution is 5.85. The molecule has 1 aliphatic rings. The zero-order chi connectivity index (χ0) is 29.6. The van der Waals surface area contributed by atoms with Crippen LogP contribution in [-0.2, 0) is 30.4 Å². The van der Waals surface area contributed by atoms with Crippen molar-refractivity contribution >= 4 is 11.7 Å². The number of aliphatic hydroxyl groups excluding tert-OH is 1. The van der Waals surface area contributed by atoms with Gasteiger partial charge in [-0.25, -0.2) is 0 Å². The van der Waals surface area contributed by atoms with E-state index in [1.54, 1.807) is 32.4 Å². The average Bonchev–Trinajstić information content (AvgIpc) is 3.54. The van der Waals surface area contributed by atoms with E-state index < -0.39 is 24.3 Å². The van der Waals surface area contributed by atoms with Crippen molar-refractivity contribution in [2.75, 3.05) is 26.9 Å². The molecular weight excluding hydrogens is 542 g/mol. The van der Waals surface area contributed by atoms with Crippen LogP contribution < -0.4 is 9.47 Å². The van der Waals surface area contributed by atoms with Gasteiger partial charge in [0.15, 0.2) is 0 Å². The van der Waals surface area contributed by atoms with Crippen molar-refractivity contribution < 1.29 is 42.8 Å². The fourth-order valence-electron chi connectivity index (χ4n) is 4.09. The molecule has 1 aliphatic heterocycles. The van der Waals surface area contributed by atoms with Crippen molar-refractivity contribution in [3.63, 3.8) is 0 Å². The molecule has 3 aromatic rings. The zero-order valence-electron chi connectivity index (χ0n) is 23.8. The molecule has 4 rings (SSSR count). The molecule has 42 heavy (non-hydrogen) atoms. The van der Waals surface area contributed by atoms with Gasteiger partial charge in [-0.05, 0) is 61.4 Å². The number of hydrogen-bond acceptors (Lipinski definition) is 10. The fourth-order valence-corrected chi connectivity index (χ4v) is 4.09. The first-order chi connectivity index (χ1) is 20.5. The molecule has 0 radical (unpaired) electrons. The van der Waals surface area contributed by atoms with Gasteiger partial charge in [0.1, 0.15) is 61.5 Å². The van der Waals surface area contributed by atoms with Gasteiger partial charge in [0.2, 0.25) is 0 Å². The lowest BCUT2D eigenvalue weighted by Crippen LogP contribution is -2.40. The molecule has 10 heteroatoms. The number of hydrogen-bond donors (Lipinski definition) is 1. The summed E-state index contributed by atoms with van der Waals surface area (Å²) in [4.78, 5) is 17.8. The third-order valence-electron chi connectivity index (χ3n) is 6.34. The van der Waals surface area contributed by atoms with Crippen LogP contribution in [0.15, 0.2) is 94.7 Å². The van der Waals surface area contributed by atoms with E-state index in [0.717, 1.165) is 11.3 Å². The highest BCUT2D eigenvalue weighted by Crippen LogP contribution is 2.29. The van der Waals surface area contributed by atoms with Crippen LogP contribution in [0, 0.1) is 0 Å². The number of aliphatic hydroxyl groups is 1. The van der Waals surface area contributed by atoms with Crippen molar-refractivity contribution in [3.05, 3.63) is 96.5 Å². The van der Waals surface area contributed by atoms with Crippen LogP contribution in [0.3, 0.4) is 0 Å². The maximum Gasteiger partial charge on any atom is 0.306 e. The second-order valence-electron chi connectivity index (χ2n) is 9.70. The maximum absolute atomic E-state index is 12.6. The maximum atomic E-state index is 12.6.